The Morgan fingerprint density at radius 1 is 1.30 bits per heavy atom. The van der Waals surface area contributed by atoms with Gasteiger partial charge >= 0.3 is 0 Å². The SMILES string of the molecule is CN=C(NCC1(c2cccc(F)c2)CC1)NCC(C)(C)N(C)C. The van der Waals surface area contributed by atoms with E-state index >= 15 is 0 Å². The fourth-order valence-corrected chi connectivity index (χ4v) is 2.47. The number of benzene rings is 1. The van der Waals surface area contributed by atoms with Crippen LogP contribution in [0.2, 0.25) is 0 Å². The highest BCUT2D eigenvalue weighted by atomic mass is 19.1. The first-order valence-electron chi connectivity index (χ1n) is 8.17. The largest absolute Gasteiger partial charge is 0.356 e. The second-order valence-corrected chi connectivity index (χ2v) is 7.28. The molecule has 1 aromatic rings. The topological polar surface area (TPSA) is 39.7 Å². The number of likely N-dealkylation sites (N-methyl/N-ethyl adjacent to an activating group) is 1. The number of nitrogens with zero attached hydrogens (tertiary/aromatic N) is 2. The summed E-state index contributed by atoms with van der Waals surface area (Å²) in [4.78, 5) is 6.48. The average Bonchev–Trinajstić information content (AvgIpc) is 3.28. The molecule has 0 heterocycles. The molecule has 5 heteroatoms. The number of hydrogen-bond acceptors (Lipinski definition) is 2. The second kappa shape index (κ2) is 6.87. The number of nitrogens with one attached hydrogen (secondary N) is 2. The molecular weight excluding hydrogens is 291 g/mol. The van der Waals surface area contributed by atoms with Crippen molar-refractivity contribution in [1.29, 1.82) is 0 Å². The highest BCUT2D eigenvalue weighted by Crippen LogP contribution is 2.47. The molecule has 23 heavy (non-hydrogen) atoms. The molecule has 1 fully saturated rings. The van der Waals surface area contributed by atoms with Crippen LogP contribution in [0.4, 0.5) is 4.39 Å². The summed E-state index contributed by atoms with van der Waals surface area (Å²) in [6, 6.07) is 6.96. The Kier molecular flexibility index (Phi) is 5.30. The van der Waals surface area contributed by atoms with Crippen molar-refractivity contribution >= 4 is 5.96 Å². The molecule has 0 radical (unpaired) electrons. The molecule has 0 saturated heterocycles. The zero-order chi connectivity index (χ0) is 17.1. The molecule has 0 bridgehead atoms. The van der Waals surface area contributed by atoms with Crippen molar-refractivity contribution in [2.45, 2.75) is 37.6 Å². The number of halogens is 1. The minimum atomic E-state index is -0.163. The van der Waals surface area contributed by atoms with Gasteiger partial charge in [-0.15, -0.1) is 0 Å². The van der Waals surface area contributed by atoms with Gasteiger partial charge in [-0.3, -0.25) is 4.99 Å². The fourth-order valence-electron chi connectivity index (χ4n) is 2.47. The summed E-state index contributed by atoms with van der Waals surface area (Å²) in [5.74, 6) is 0.631. The van der Waals surface area contributed by atoms with E-state index in [-0.39, 0.29) is 16.8 Å². The molecule has 0 spiro atoms. The zero-order valence-electron chi connectivity index (χ0n) is 14.9. The van der Waals surface area contributed by atoms with E-state index < -0.39 is 0 Å². The molecule has 1 aromatic carbocycles. The summed E-state index contributed by atoms with van der Waals surface area (Å²) in [5, 5.41) is 6.78. The predicted octanol–water partition coefficient (Wildman–Crippen LogP) is 2.36. The molecule has 4 nitrogen and oxygen atoms in total. The van der Waals surface area contributed by atoms with Crippen LogP contribution in [-0.2, 0) is 5.41 Å². The Morgan fingerprint density at radius 3 is 2.52 bits per heavy atom. The van der Waals surface area contributed by atoms with E-state index in [1.54, 1.807) is 19.2 Å². The van der Waals surface area contributed by atoms with E-state index in [9.17, 15) is 4.39 Å². The van der Waals surface area contributed by atoms with Crippen LogP contribution < -0.4 is 10.6 Å². The van der Waals surface area contributed by atoms with E-state index in [1.165, 1.54) is 6.07 Å². The molecule has 1 aliphatic rings. The molecule has 1 aliphatic carbocycles. The third-order valence-corrected chi connectivity index (χ3v) is 5.01. The lowest BCUT2D eigenvalue weighted by Crippen LogP contribution is -2.51. The number of aliphatic imine (C=N–C) groups is 1. The molecule has 1 saturated carbocycles. The van der Waals surface area contributed by atoms with Crippen LogP contribution in [0.15, 0.2) is 29.3 Å². The van der Waals surface area contributed by atoms with Gasteiger partial charge in [-0.05, 0) is 58.5 Å². The maximum Gasteiger partial charge on any atom is 0.191 e. The highest BCUT2D eigenvalue weighted by Gasteiger charge is 2.44. The standard InChI is InChI=1S/C18H29FN4/c1-17(2,23(4)5)12-21-16(20-3)22-13-18(9-10-18)14-7-6-8-15(19)11-14/h6-8,11H,9-10,12-13H2,1-5H3,(H2,20,21,22). The van der Waals surface area contributed by atoms with Crippen LogP contribution in [-0.4, -0.2) is 50.6 Å². The van der Waals surface area contributed by atoms with Crippen LogP contribution in [0.3, 0.4) is 0 Å². The van der Waals surface area contributed by atoms with Gasteiger partial charge in [0.2, 0.25) is 0 Å². The van der Waals surface area contributed by atoms with Crippen LogP contribution in [0, 0.1) is 5.82 Å². The third kappa shape index (κ3) is 4.44. The zero-order valence-corrected chi connectivity index (χ0v) is 14.9. The van der Waals surface area contributed by atoms with Gasteiger partial charge in [-0.2, -0.15) is 0 Å². The first-order valence-corrected chi connectivity index (χ1v) is 8.17. The van der Waals surface area contributed by atoms with Crippen molar-refractivity contribution in [2.24, 2.45) is 4.99 Å². The maximum absolute atomic E-state index is 13.5. The van der Waals surface area contributed by atoms with Crippen molar-refractivity contribution in [3.8, 4) is 0 Å². The molecule has 128 valence electrons. The summed E-state index contributed by atoms with van der Waals surface area (Å²) < 4.78 is 13.5. The van der Waals surface area contributed by atoms with E-state index in [1.807, 2.05) is 6.07 Å². The second-order valence-electron chi connectivity index (χ2n) is 7.28. The minimum absolute atomic E-state index is 0.0391. The molecule has 0 aromatic heterocycles. The van der Waals surface area contributed by atoms with Gasteiger partial charge in [0.1, 0.15) is 5.82 Å². The van der Waals surface area contributed by atoms with Crippen LogP contribution in [0.25, 0.3) is 0 Å². The molecular formula is C18H29FN4. The van der Waals surface area contributed by atoms with E-state index in [0.29, 0.717) is 0 Å². The summed E-state index contributed by atoms with van der Waals surface area (Å²) in [6.45, 7) is 5.94. The fraction of sp³-hybridized carbons (Fsp3) is 0.611. The third-order valence-electron chi connectivity index (χ3n) is 5.01. The highest BCUT2D eigenvalue weighted by molar-refractivity contribution is 5.79. The summed E-state index contributed by atoms with van der Waals surface area (Å²) in [7, 11) is 5.92. The van der Waals surface area contributed by atoms with E-state index in [0.717, 1.165) is 37.5 Å². The molecule has 0 atom stereocenters. The van der Waals surface area contributed by atoms with Gasteiger partial charge in [-0.25, -0.2) is 4.39 Å². The normalized spacial score (nSPS) is 17.3. The van der Waals surface area contributed by atoms with Gasteiger partial charge in [0.25, 0.3) is 0 Å². The Balaban J connectivity index is 1.91. The number of rotatable bonds is 6. The van der Waals surface area contributed by atoms with Gasteiger partial charge < -0.3 is 15.5 Å². The van der Waals surface area contributed by atoms with Crippen molar-refractivity contribution < 1.29 is 4.39 Å². The van der Waals surface area contributed by atoms with Crippen LogP contribution in [0.5, 0.6) is 0 Å². The molecule has 2 N–H and O–H groups in total. The molecule has 0 unspecified atom stereocenters. The molecule has 0 amide bonds. The number of hydrogen-bond donors (Lipinski definition) is 2. The van der Waals surface area contributed by atoms with Crippen LogP contribution >= 0.6 is 0 Å². The van der Waals surface area contributed by atoms with Crippen molar-refractivity contribution in [3.63, 3.8) is 0 Å². The van der Waals surface area contributed by atoms with Crippen molar-refractivity contribution in [1.82, 2.24) is 15.5 Å². The first-order chi connectivity index (χ1) is 10.8. The number of guanidine groups is 1. The summed E-state index contributed by atoms with van der Waals surface area (Å²) in [5.41, 5.74) is 1.17. The van der Waals surface area contributed by atoms with Gasteiger partial charge in [0.15, 0.2) is 5.96 Å². The van der Waals surface area contributed by atoms with Crippen molar-refractivity contribution in [3.05, 3.63) is 35.6 Å². The Bertz CT molecular complexity index is 562. The lowest BCUT2D eigenvalue weighted by atomic mass is 9.96. The molecule has 0 aliphatic heterocycles. The Labute approximate surface area is 139 Å². The summed E-state index contributed by atoms with van der Waals surface area (Å²) in [6.07, 6.45) is 2.17. The Morgan fingerprint density at radius 2 is 2.00 bits per heavy atom. The Hall–Kier alpha value is -1.62. The van der Waals surface area contributed by atoms with Gasteiger partial charge in [0, 0.05) is 31.1 Å². The summed E-state index contributed by atoms with van der Waals surface area (Å²) >= 11 is 0. The van der Waals surface area contributed by atoms with E-state index in [4.69, 9.17) is 0 Å². The maximum atomic E-state index is 13.5. The van der Waals surface area contributed by atoms with Crippen LogP contribution in [0.1, 0.15) is 32.3 Å². The van der Waals surface area contributed by atoms with Crippen molar-refractivity contribution in [2.75, 3.05) is 34.2 Å². The quantitative estimate of drug-likeness (QED) is 0.624. The molecule has 2 rings (SSSR count). The van der Waals surface area contributed by atoms with Gasteiger partial charge in [0.05, 0.1) is 0 Å². The monoisotopic (exact) mass is 320 g/mol. The lowest BCUT2D eigenvalue weighted by molar-refractivity contribution is 0.197. The predicted molar refractivity (Wildman–Crippen MR) is 94.4 cm³/mol. The van der Waals surface area contributed by atoms with Gasteiger partial charge in [-0.1, -0.05) is 12.1 Å². The smallest absolute Gasteiger partial charge is 0.191 e. The minimum Gasteiger partial charge on any atom is -0.356 e. The average molecular weight is 320 g/mol. The van der Waals surface area contributed by atoms with E-state index in [2.05, 4.69) is 48.5 Å². The lowest BCUT2D eigenvalue weighted by Gasteiger charge is -2.33. The first kappa shape index (κ1) is 17.7.